The van der Waals surface area contributed by atoms with E-state index >= 15 is 0 Å². The molecule has 4 nitrogen and oxygen atoms in total. The second-order valence-electron chi connectivity index (χ2n) is 4.90. The first-order valence-corrected chi connectivity index (χ1v) is 5.96. The summed E-state index contributed by atoms with van der Waals surface area (Å²) in [6, 6.07) is 5.77. The highest BCUT2D eigenvalue weighted by molar-refractivity contribution is 5.96. The molecule has 1 heterocycles. The Morgan fingerprint density at radius 1 is 1.44 bits per heavy atom. The van der Waals surface area contributed by atoms with Gasteiger partial charge in [-0.2, -0.15) is 0 Å². The van der Waals surface area contributed by atoms with Crippen molar-refractivity contribution in [2.45, 2.75) is 18.3 Å². The molecular formula is C14H15NO3. The van der Waals surface area contributed by atoms with E-state index in [2.05, 4.69) is 0 Å². The number of carboxylic acids is 1. The third kappa shape index (κ3) is 1.29. The summed E-state index contributed by atoms with van der Waals surface area (Å²) in [6.45, 7) is 0. The highest BCUT2D eigenvalue weighted by Crippen LogP contribution is 2.51. The third-order valence-corrected chi connectivity index (χ3v) is 3.86. The number of ether oxygens (including phenoxy) is 1. The normalized spacial score (nSPS) is 16.8. The summed E-state index contributed by atoms with van der Waals surface area (Å²) in [5, 5.41) is 10.4. The molecule has 1 aliphatic carbocycles. The Morgan fingerprint density at radius 3 is 2.72 bits per heavy atom. The summed E-state index contributed by atoms with van der Waals surface area (Å²) in [5.74, 6) is 0.0558. The van der Waals surface area contributed by atoms with E-state index in [0.717, 1.165) is 35.1 Å². The quantitative estimate of drug-likeness (QED) is 0.902. The molecule has 1 N–H and O–H groups in total. The number of nitrogens with zero attached hydrogens (tertiary/aromatic N) is 1. The number of aromatic nitrogens is 1. The number of hydrogen-bond donors (Lipinski definition) is 1. The molecule has 0 bridgehead atoms. The van der Waals surface area contributed by atoms with Crippen LogP contribution >= 0.6 is 0 Å². The zero-order valence-electron chi connectivity index (χ0n) is 10.4. The molecule has 0 amide bonds. The molecule has 4 heteroatoms. The van der Waals surface area contributed by atoms with Crippen LogP contribution in [0.5, 0.6) is 5.75 Å². The summed E-state index contributed by atoms with van der Waals surface area (Å²) < 4.78 is 7.30. The Balaban J connectivity index is 2.30. The van der Waals surface area contributed by atoms with E-state index < -0.39 is 11.4 Å². The molecule has 2 aromatic rings. The standard InChI is InChI=1S/C14H15NO3/c1-15-8-10(14(6-7-14)13(16)17)9-4-3-5-11(18-2)12(9)15/h3-5,8H,6-7H2,1-2H3,(H,16,17). The number of methoxy groups -OCH3 is 1. The minimum Gasteiger partial charge on any atom is -0.495 e. The van der Waals surface area contributed by atoms with Crippen molar-refractivity contribution in [1.82, 2.24) is 4.57 Å². The maximum atomic E-state index is 11.5. The van der Waals surface area contributed by atoms with Gasteiger partial charge in [0.05, 0.1) is 18.0 Å². The topological polar surface area (TPSA) is 51.5 Å². The molecule has 0 aliphatic heterocycles. The van der Waals surface area contributed by atoms with Crippen LogP contribution in [0.15, 0.2) is 24.4 Å². The number of benzene rings is 1. The number of carboxylic acid groups (broad SMARTS) is 1. The van der Waals surface area contributed by atoms with Gasteiger partial charge in [0.25, 0.3) is 0 Å². The zero-order valence-corrected chi connectivity index (χ0v) is 10.4. The minimum absolute atomic E-state index is 0.675. The Hall–Kier alpha value is -1.97. The van der Waals surface area contributed by atoms with Crippen molar-refractivity contribution in [3.8, 4) is 5.75 Å². The summed E-state index contributed by atoms with van der Waals surface area (Å²) in [5.41, 5.74) is 1.19. The maximum absolute atomic E-state index is 11.5. The largest absolute Gasteiger partial charge is 0.495 e. The Labute approximate surface area is 105 Å². The average molecular weight is 245 g/mol. The van der Waals surface area contributed by atoms with Crippen LogP contribution in [0.4, 0.5) is 0 Å². The van der Waals surface area contributed by atoms with E-state index in [1.54, 1.807) is 7.11 Å². The van der Waals surface area contributed by atoms with Gasteiger partial charge in [-0.05, 0) is 24.5 Å². The first-order valence-electron chi connectivity index (χ1n) is 5.96. The predicted octanol–water partition coefficient (Wildman–Crippen LogP) is 2.30. The van der Waals surface area contributed by atoms with Crippen LogP contribution in [0.3, 0.4) is 0 Å². The molecular weight excluding hydrogens is 230 g/mol. The van der Waals surface area contributed by atoms with E-state index in [4.69, 9.17) is 4.74 Å². The van der Waals surface area contributed by atoms with Crippen LogP contribution in [0.1, 0.15) is 18.4 Å². The molecule has 94 valence electrons. The van der Waals surface area contributed by atoms with Gasteiger partial charge in [-0.25, -0.2) is 0 Å². The molecule has 1 aliphatic rings. The zero-order chi connectivity index (χ0) is 12.9. The van der Waals surface area contributed by atoms with Crippen molar-refractivity contribution in [2.75, 3.05) is 7.11 Å². The molecule has 0 unspecified atom stereocenters. The van der Waals surface area contributed by atoms with Gasteiger partial charge in [-0.1, -0.05) is 12.1 Å². The predicted molar refractivity (Wildman–Crippen MR) is 68.0 cm³/mol. The number of aryl methyl sites for hydroxylation is 1. The monoisotopic (exact) mass is 245 g/mol. The smallest absolute Gasteiger partial charge is 0.314 e. The average Bonchev–Trinajstić information content (AvgIpc) is 3.10. The highest BCUT2D eigenvalue weighted by atomic mass is 16.5. The van der Waals surface area contributed by atoms with Crippen molar-refractivity contribution in [2.24, 2.45) is 7.05 Å². The van der Waals surface area contributed by atoms with Gasteiger partial charge in [0.1, 0.15) is 5.75 Å². The van der Waals surface area contributed by atoms with E-state index in [1.165, 1.54) is 0 Å². The number of aliphatic carboxylic acids is 1. The molecule has 1 fully saturated rings. The fourth-order valence-electron chi connectivity index (χ4n) is 2.70. The molecule has 0 atom stereocenters. The molecule has 0 spiro atoms. The number of fused-ring (bicyclic) bond motifs is 1. The summed E-state index contributed by atoms with van der Waals surface area (Å²) >= 11 is 0. The molecule has 1 aromatic carbocycles. The lowest BCUT2D eigenvalue weighted by Gasteiger charge is -2.08. The first-order chi connectivity index (χ1) is 8.60. The van der Waals surface area contributed by atoms with Crippen LogP contribution in [-0.2, 0) is 17.3 Å². The lowest BCUT2D eigenvalue weighted by molar-refractivity contribution is -0.140. The molecule has 0 radical (unpaired) electrons. The Kier molecular flexibility index (Phi) is 2.17. The molecule has 1 aromatic heterocycles. The van der Waals surface area contributed by atoms with E-state index in [0.29, 0.717) is 0 Å². The Morgan fingerprint density at radius 2 is 2.17 bits per heavy atom. The third-order valence-electron chi connectivity index (χ3n) is 3.86. The summed E-state index contributed by atoms with van der Waals surface area (Å²) in [7, 11) is 3.55. The highest BCUT2D eigenvalue weighted by Gasteiger charge is 2.53. The summed E-state index contributed by atoms with van der Waals surface area (Å²) in [4.78, 5) is 11.5. The van der Waals surface area contributed by atoms with Gasteiger partial charge >= 0.3 is 5.97 Å². The van der Waals surface area contributed by atoms with Crippen molar-refractivity contribution in [3.63, 3.8) is 0 Å². The second kappa shape index (κ2) is 3.51. The van der Waals surface area contributed by atoms with Crippen LogP contribution in [0.2, 0.25) is 0 Å². The fraction of sp³-hybridized carbons (Fsp3) is 0.357. The van der Waals surface area contributed by atoms with Gasteiger partial charge in [0.15, 0.2) is 0 Å². The number of hydrogen-bond acceptors (Lipinski definition) is 2. The van der Waals surface area contributed by atoms with Gasteiger partial charge in [0, 0.05) is 18.6 Å². The molecule has 1 saturated carbocycles. The summed E-state index contributed by atoms with van der Waals surface area (Å²) in [6.07, 6.45) is 3.37. The van der Waals surface area contributed by atoms with E-state index in [1.807, 2.05) is 36.0 Å². The van der Waals surface area contributed by atoms with Crippen LogP contribution in [-0.4, -0.2) is 22.8 Å². The van der Waals surface area contributed by atoms with Gasteiger partial charge in [-0.15, -0.1) is 0 Å². The van der Waals surface area contributed by atoms with E-state index in [9.17, 15) is 9.90 Å². The fourth-order valence-corrected chi connectivity index (χ4v) is 2.70. The SMILES string of the molecule is COc1cccc2c(C3(C(=O)O)CC3)cn(C)c12. The number of rotatable bonds is 3. The van der Waals surface area contributed by atoms with Crippen molar-refractivity contribution in [3.05, 3.63) is 30.0 Å². The van der Waals surface area contributed by atoms with Crippen LogP contribution in [0, 0.1) is 0 Å². The van der Waals surface area contributed by atoms with Crippen molar-refractivity contribution in [1.29, 1.82) is 0 Å². The molecule has 0 saturated heterocycles. The Bertz CT molecular complexity index is 638. The van der Waals surface area contributed by atoms with Gasteiger partial charge in [-0.3, -0.25) is 4.79 Å². The minimum atomic E-state index is -0.724. The molecule has 18 heavy (non-hydrogen) atoms. The number of para-hydroxylation sites is 1. The first kappa shape index (κ1) is 11.1. The van der Waals surface area contributed by atoms with Crippen LogP contribution in [0.25, 0.3) is 10.9 Å². The van der Waals surface area contributed by atoms with Crippen molar-refractivity contribution < 1.29 is 14.6 Å². The lowest BCUT2D eigenvalue weighted by Crippen LogP contribution is -2.19. The van der Waals surface area contributed by atoms with Crippen LogP contribution < -0.4 is 4.74 Å². The number of carbonyl (C=O) groups is 1. The van der Waals surface area contributed by atoms with Crippen molar-refractivity contribution >= 4 is 16.9 Å². The van der Waals surface area contributed by atoms with Gasteiger partial charge < -0.3 is 14.4 Å². The lowest BCUT2D eigenvalue weighted by atomic mass is 9.96. The second-order valence-corrected chi connectivity index (χ2v) is 4.90. The molecule has 3 rings (SSSR count). The maximum Gasteiger partial charge on any atom is 0.314 e. The van der Waals surface area contributed by atoms with Gasteiger partial charge in [0.2, 0.25) is 0 Å². The van der Waals surface area contributed by atoms with E-state index in [-0.39, 0.29) is 0 Å².